The van der Waals surface area contributed by atoms with Crippen LogP contribution in [0.2, 0.25) is 0 Å². The smallest absolute Gasteiger partial charge is 0.408 e. The van der Waals surface area contributed by atoms with Crippen LogP contribution in [-0.4, -0.2) is 45.1 Å². The van der Waals surface area contributed by atoms with E-state index in [9.17, 15) is 28.4 Å². The summed E-state index contributed by atoms with van der Waals surface area (Å²) in [7, 11) is 0. The van der Waals surface area contributed by atoms with Gasteiger partial charge in [-0.25, -0.2) is 9.59 Å². The highest BCUT2D eigenvalue weighted by atomic mass is 19.1. The van der Waals surface area contributed by atoms with Crippen LogP contribution in [0.3, 0.4) is 0 Å². The number of nitrogens with zero attached hydrogens (tertiary/aromatic N) is 1. The summed E-state index contributed by atoms with van der Waals surface area (Å²) in [5.41, 5.74) is -1.51. The van der Waals surface area contributed by atoms with E-state index in [1.807, 2.05) is 4.98 Å². The van der Waals surface area contributed by atoms with Crippen molar-refractivity contribution in [1.29, 1.82) is 0 Å². The zero-order valence-corrected chi connectivity index (χ0v) is 21.1. The maximum absolute atomic E-state index is 13.4. The molecule has 0 unspecified atom stereocenters. The number of aromatic amines is 1. The van der Waals surface area contributed by atoms with Crippen LogP contribution in [0, 0.1) is 11.7 Å². The van der Waals surface area contributed by atoms with Crippen molar-refractivity contribution in [1.82, 2.24) is 20.2 Å². The molecule has 1 aromatic carbocycles. The first-order valence-corrected chi connectivity index (χ1v) is 11.3. The van der Waals surface area contributed by atoms with E-state index in [2.05, 4.69) is 16.0 Å². The van der Waals surface area contributed by atoms with Gasteiger partial charge in [0.15, 0.2) is 0 Å². The van der Waals surface area contributed by atoms with Gasteiger partial charge in [-0.1, -0.05) is 26.0 Å². The lowest BCUT2D eigenvalue weighted by atomic mass is 10.0. The monoisotopic (exact) mass is 505 g/mol. The highest BCUT2D eigenvalue weighted by Crippen LogP contribution is 2.12. The number of halogens is 1. The van der Waals surface area contributed by atoms with E-state index in [1.54, 1.807) is 58.9 Å². The van der Waals surface area contributed by atoms with Crippen molar-refractivity contribution >= 4 is 23.6 Å². The second-order valence-electron chi connectivity index (χ2n) is 9.65. The lowest BCUT2D eigenvalue weighted by Gasteiger charge is -2.26. The minimum absolute atomic E-state index is 0.00839. The number of carbonyl (C=O) groups excluding carboxylic acids is 3. The highest BCUT2D eigenvalue weighted by molar-refractivity contribution is 5.98. The van der Waals surface area contributed by atoms with Gasteiger partial charge in [0.05, 0.1) is 12.7 Å². The lowest BCUT2D eigenvalue weighted by Crippen LogP contribution is -2.54. The Morgan fingerprint density at radius 3 is 2.19 bits per heavy atom. The third-order valence-electron chi connectivity index (χ3n) is 4.92. The lowest BCUT2D eigenvalue weighted by molar-refractivity contribution is -0.128. The van der Waals surface area contributed by atoms with Gasteiger partial charge in [0.1, 0.15) is 17.7 Å². The average molecular weight is 506 g/mol. The number of anilines is 1. The summed E-state index contributed by atoms with van der Waals surface area (Å²) in [5.74, 6) is -2.36. The number of amides is 3. The van der Waals surface area contributed by atoms with Crippen molar-refractivity contribution in [2.75, 3.05) is 5.32 Å². The Hall–Kier alpha value is -3.96. The number of hydrogen-bond donors (Lipinski definition) is 4. The van der Waals surface area contributed by atoms with Gasteiger partial charge < -0.3 is 20.7 Å². The zero-order chi connectivity index (χ0) is 27.2. The zero-order valence-electron chi connectivity index (χ0n) is 21.1. The summed E-state index contributed by atoms with van der Waals surface area (Å²) in [6.45, 7) is 10.1. The van der Waals surface area contributed by atoms with Crippen LogP contribution in [0.25, 0.3) is 0 Å². The Morgan fingerprint density at radius 1 is 1.03 bits per heavy atom. The van der Waals surface area contributed by atoms with Crippen molar-refractivity contribution in [3.05, 3.63) is 62.7 Å². The molecule has 0 spiro atoms. The summed E-state index contributed by atoms with van der Waals surface area (Å²) >= 11 is 0. The van der Waals surface area contributed by atoms with E-state index >= 15 is 0 Å². The van der Waals surface area contributed by atoms with Gasteiger partial charge in [0.25, 0.3) is 5.56 Å². The Labute approximate surface area is 207 Å². The molecule has 2 aromatic rings. The van der Waals surface area contributed by atoms with Crippen LogP contribution in [0.5, 0.6) is 0 Å². The minimum Gasteiger partial charge on any atom is -0.444 e. The van der Waals surface area contributed by atoms with Crippen molar-refractivity contribution in [2.45, 2.75) is 65.8 Å². The number of aromatic nitrogens is 2. The molecule has 3 amide bonds. The van der Waals surface area contributed by atoms with Crippen LogP contribution in [0.4, 0.5) is 14.9 Å². The quantitative estimate of drug-likeness (QED) is 0.429. The van der Waals surface area contributed by atoms with Crippen molar-refractivity contribution < 1.29 is 23.5 Å². The Morgan fingerprint density at radius 2 is 1.64 bits per heavy atom. The van der Waals surface area contributed by atoms with Crippen molar-refractivity contribution in [3.8, 4) is 0 Å². The summed E-state index contributed by atoms with van der Waals surface area (Å²) in [6.07, 6.45) is 0.0870. The first-order valence-electron chi connectivity index (χ1n) is 11.3. The van der Waals surface area contributed by atoms with E-state index in [1.165, 1.54) is 6.92 Å². The largest absolute Gasteiger partial charge is 0.444 e. The topological polar surface area (TPSA) is 151 Å². The van der Waals surface area contributed by atoms with Crippen LogP contribution < -0.4 is 27.2 Å². The number of alkyl carbamates (subject to hydrolysis) is 1. The molecule has 0 bridgehead atoms. The molecule has 2 rings (SSSR count). The normalized spacial score (nSPS) is 13.0. The van der Waals surface area contributed by atoms with Crippen molar-refractivity contribution in [2.24, 2.45) is 5.92 Å². The molecule has 1 heterocycles. The fraction of sp³-hybridized carbons (Fsp3) is 0.458. The minimum atomic E-state index is -1.09. The van der Waals surface area contributed by atoms with Gasteiger partial charge in [0.2, 0.25) is 17.6 Å². The molecule has 0 radical (unpaired) electrons. The average Bonchev–Trinajstić information content (AvgIpc) is 2.75. The van der Waals surface area contributed by atoms with Gasteiger partial charge in [-0.3, -0.25) is 23.9 Å². The molecule has 11 nitrogen and oxygen atoms in total. The molecule has 1 aromatic heterocycles. The number of ether oxygens (including phenoxy) is 1. The number of rotatable bonds is 8. The molecule has 0 fully saturated rings. The predicted octanol–water partition coefficient (Wildman–Crippen LogP) is 1.72. The molecule has 0 saturated heterocycles. The second-order valence-corrected chi connectivity index (χ2v) is 9.65. The molecule has 196 valence electrons. The predicted molar refractivity (Wildman–Crippen MR) is 131 cm³/mol. The molecular formula is C24H32FN5O6. The van der Waals surface area contributed by atoms with Gasteiger partial charge in [-0.05, 0) is 51.3 Å². The van der Waals surface area contributed by atoms with Gasteiger partial charge in [-0.2, -0.15) is 4.39 Å². The van der Waals surface area contributed by atoms with Crippen LogP contribution in [-0.2, 0) is 20.9 Å². The van der Waals surface area contributed by atoms with E-state index in [0.717, 1.165) is 10.8 Å². The summed E-state index contributed by atoms with van der Waals surface area (Å²) in [5, 5.41) is 7.78. The fourth-order valence-electron chi connectivity index (χ4n) is 3.08. The van der Waals surface area contributed by atoms with E-state index in [0.29, 0.717) is 11.3 Å². The maximum atomic E-state index is 13.4. The second kappa shape index (κ2) is 11.6. The highest BCUT2D eigenvalue weighted by Gasteiger charge is 2.29. The number of nitrogens with one attached hydrogen (secondary N) is 4. The fourth-order valence-corrected chi connectivity index (χ4v) is 3.08. The van der Waals surface area contributed by atoms with Gasteiger partial charge >= 0.3 is 11.8 Å². The van der Waals surface area contributed by atoms with Gasteiger partial charge in [-0.15, -0.1) is 0 Å². The van der Waals surface area contributed by atoms with Crippen molar-refractivity contribution in [3.63, 3.8) is 0 Å². The van der Waals surface area contributed by atoms with E-state index in [-0.39, 0.29) is 12.5 Å². The molecule has 0 aliphatic rings. The number of H-pyrrole nitrogens is 1. The first-order chi connectivity index (χ1) is 16.7. The molecule has 4 N–H and O–H groups in total. The third-order valence-corrected chi connectivity index (χ3v) is 4.92. The molecule has 2 atom stereocenters. The SMILES string of the molecule is CC(C)[C@H](NC(=O)OC(C)(C)C)C(=O)N[C@@H](C)C(=O)Nc1ccc(Cn2cc(F)c(=O)[nH]c2=O)cc1. The summed E-state index contributed by atoms with van der Waals surface area (Å²) < 4.78 is 19.7. The molecule has 12 heteroatoms. The molecular weight excluding hydrogens is 473 g/mol. The summed E-state index contributed by atoms with van der Waals surface area (Å²) in [4.78, 5) is 62.2. The summed E-state index contributed by atoms with van der Waals surface area (Å²) in [6, 6.07) is 4.57. The standard InChI is InChI=1S/C24H32FN5O6/c1-13(2)18(28-23(35)36-24(4,5)6)21(33)26-14(3)19(31)27-16-9-7-15(8-10-16)11-30-12-17(25)20(32)29-22(30)34/h7-10,12-14,18H,11H2,1-6H3,(H,26,33)(H,27,31)(H,28,35)(H,29,32,34)/t14-,18-/m0/s1. The Bertz CT molecular complexity index is 1210. The number of hydrogen-bond acceptors (Lipinski definition) is 6. The van der Waals surface area contributed by atoms with Gasteiger partial charge in [0, 0.05) is 5.69 Å². The molecule has 0 aliphatic heterocycles. The first kappa shape index (κ1) is 28.3. The van der Waals surface area contributed by atoms with Crippen LogP contribution >= 0.6 is 0 Å². The van der Waals surface area contributed by atoms with E-state index < -0.39 is 52.7 Å². The Kier molecular flexibility index (Phi) is 9.15. The molecule has 36 heavy (non-hydrogen) atoms. The number of benzene rings is 1. The Balaban J connectivity index is 1.97. The van der Waals surface area contributed by atoms with E-state index in [4.69, 9.17) is 4.74 Å². The molecule has 0 saturated carbocycles. The molecule has 0 aliphatic carbocycles. The number of carbonyl (C=O) groups is 3. The third kappa shape index (κ3) is 8.36. The maximum Gasteiger partial charge on any atom is 0.408 e. The van der Waals surface area contributed by atoms with Crippen LogP contribution in [0.1, 0.15) is 47.1 Å². The van der Waals surface area contributed by atoms with Crippen LogP contribution in [0.15, 0.2) is 40.1 Å².